The molecule has 1 aliphatic rings. The van der Waals surface area contributed by atoms with E-state index in [0.717, 1.165) is 24.2 Å². The number of hydrogen-bond donors (Lipinski definition) is 2. The maximum Gasteiger partial charge on any atom is 0.250 e. The van der Waals surface area contributed by atoms with Gasteiger partial charge in [-0.25, -0.2) is 13.1 Å². The Morgan fingerprint density at radius 3 is 2.82 bits per heavy atom. The summed E-state index contributed by atoms with van der Waals surface area (Å²) < 4.78 is 26.3. The molecule has 2 rings (SSSR count). The minimum atomic E-state index is -3.51. The van der Waals surface area contributed by atoms with Gasteiger partial charge in [0.1, 0.15) is 15.2 Å². The third kappa shape index (κ3) is 3.04. The number of rotatable bonds is 5. The zero-order chi connectivity index (χ0) is 12.5. The zero-order valence-corrected chi connectivity index (χ0v) is 10.7. The Balaban J connectivity index is 2.00. The normalized spacial score (nSPS) is 17.6. The lowest BCUT2D eigenvalue weighted by Gasteiger charge is -2.10. The highest BCUT2D eigenvalue weighted by Crippen LogP contribution is 2.31. The molecule has 0 aromatic carbocycles. The van der Waals surface area contributed by atoms with E-state index in [1.54, 1.807) is 0 Å². The molecular formula is C10H13N3O2S2. The standard InChI is InChI=1S/C10H13N3O2S2/c11-5-8-3-4-10(16-8)17(14,15)13-6-9(12)7-1-2-7/h3-4,7,9,13H,1-2,6,12H2. The van der Waals surface area contributed by atoms with E-state index in [4.69, 9.17) is 11.0 Å². The molecule has 92 valence electrons. The van der Waals surface area contributed by atoms with Crippen molar-refractivity contribution in [3.63, 3.8) is 0 Å². The minimum Gasteiger partial charge on any atom is -0.326 e. The summed E-state index contributed by atoms with van der Waals surface area (Å²) in [5, 5.41) is 8.64. The van der Waals surface area contributed by atoms with Crippen molar-refractivity contribution in [2.45, 2.75) is 23.1 Å². The van der Waals surface area contributed by atoms with Crippen molar-refractivity contribution in [1.29, 1.82) is 5.26 Å². The molecular weight excluding hydrogens is 258 g/mol. The molecule has 0 saturated heterocycles. The van der Waals surface area contributed by atoms with Crippen LogP contribution in [0, 0.1) is 17.2 Å². The molecule has 1 aromatic heterocycles. The van der Waals surface area contributed by atoms with Crippen LogP contribution in [0.3, 0.4) is 0 Å². The quantitative estimate of drug-likeness (QED) is 0.821. The summed E-state index contributed by atoms with van der Waals surface area (Å²) in [5.41, 5.74) is 5.82. The van der Waals surface area contributed by atoms with Gasteiger partial charge in [0.15, 0.2) is 0 Å². The molecule has 1 saturated carbocycles. The summed E-state index contributed by atoms with van der Waals surface area (Å²) in [6.45, 7) is 0.257. The molecule has 0 bridgehead atoms. The monoisotopic (exact) mass is 271 g/mol. The highest BCUT2D eigenvalue weighted by molar-refractivity contribution is 7.91. The zero-order valence-electron chi connectivity index (χ0n) is 9.09. The van der Waals surface area contributed by atoms with E-state index in [9.17, 15) is 8.42 Å². The number of sulfonamides is 1. The number of hydrogen-bond acceptors (Lipinski definition) is 5. The fourth-order valence-electron chi connectivity index (χ4n) is 1.49. The van der Waals surface area contributed by atoms with Gasteiger partial charge >= 0.3 is 0 Å². The number of nitrogens with zero attached hydrogens (tertiary/aromatic N) is 1. The highest BCUT2D eigenvalue weighted by atomic mass is 32.2. The molecule has 17 heavy (non-hydrogen) atoms. The summed E-state index contributed by atoms with van der Waals surface area (Å²) in [7, 11) is -3.51. The molecule has 1 heterocycles. The van der Waals surface area contributed by atoms with Gasteiger partial charge in [0.2, 0.25) is 10.0 Å². The molecule has 1 aliphatic carbocycles. The van der Waals surface area contributed by atoms with Crippen LogP contribution in [0.4, 0.5) is 0 Å². The SMILES string of the molecule is N#Cc1ccc(S(=O)(=O)NCC(N)C2CC2)s1. The van der Waals surface area contributed by atoms with E-state index in [0.29, 0.717) is 10.8 Å². The largest absolute Gasteiger partial charge is 0.326 e. The van der Waals surface area contributed by atoms with Gasteiger partial charge in [-0.3, -0.25) is 0 Å². The van der Waals surface area contributed by atoms with Crippen molar-refractivity contribution in [3.05, 3.63) is 17.0 Å². The van der Waals surface area contributed by atoms with Crippen molar-refractivity contribution in [3.8, 4) is 6.07 Å². The summed E-state index contributed by atoms with van der Waals surface area (Å²) in [6, 6.07) is 4.74. The molecule has 1 aromatic rings. The van der Waals surface area contributed by atoms with Gasteiger partial charge in [-0.1, -0.05) is 0 Å². The van der Waals surface area contributed by atoms with Crippen LogP contribution in [-0.4, -0.2) is 21.0 Å². The first-order valence-corrected chi connectivity index (χ1v) is 7.58. The van der Waals surface area contributed by atoms with Gasteiger partial charge in [0.25, 0.3) is 0 Å². The van der Waals surface area contributed by atoms with E-state index < -0.39 is 10.0 Å². The van der Waals surface area contributed by atoms with Gasteiger partial charge in [0.05, 0.1) is 0 Å². The van der Waals surface area contributed by atoms with Crippen molar-refractivity contribution in [2.75, 3.05) is 6.54 Å². The lowest BCUT2D eigenvalue weighted by atomic mass is 10.2. The van der Waals surface area contributed by atoms with Crippen LogP contribution >= 0.6 is 11.3 Å². The van der Waals surface area contributed by atoms with Gasteiger partial charge < -0.3 is 5.73 Å². The predicted molar refractivity (Wildman–Crippen MR) is 64.9 cm³/mol. The van der Waals surface area contributed by atoms with E-state index in [-0.39, 0.29) is 16.8 Å². The van der Waals surface area contributed by atoms with Gasteiger partial charge in [-0.05, 0) is 30.9 Å². The first kappa shape index (κ1) is 12.5. The second-order valence-corrected chi connectivity index (χ2v) is 7.16. The van der Waals surface area contributed by atoms with Crippen molar-refractivity contribution < 1.29 is 8.42 Å². The molecule has 7 heteroatoms. The number of nitrogens with one attached hydrogen (secondary N) is 1. The maximum atomic E-state index is 11.8. The second kappa shape index (κ2) is 4.74. The molecule has 3 N–H and O–H groups in total. The Labute approximate surface area is 104 Å². The Bertz CT molecular complexity index is 540. The summed E-state index contributed by atoms with van der Waals surface area (Å²) in [5.74, 6) is 0.454. The predicted octanol–water partition coefficient (Wildman–Crippen LogP) is 0.635. The van der Waals surface area contributed by atoms with Crippen LogP contribution in [-0.2, 0) is 10.0 Å². The van der Waals surface area contributed by atoms with Crippen molar-refractivity contribution in [2.24, 2.45) is 11.7 Å². The average Bonchev–Trinajstić information content (AvgIpc) is 3.03. The smallest absolute Gasteiger partial charge is 0.250 e. The number of nitrogens with two attached hydrogens (primary N) is 1. The van der Waals surface area contributed by atoms with E-state index in [2.05, 4.69) is 4.72 Å². The molecule has 5 nitrogen and oxygen atoms in total. The van der Waals surface area contributed by atoms with Crippen LogP contribution in [0.25, 0.3) is 0 Å². The summed E-state index contributed by atoms with van der Waals surface area (Å²) >= 11 is 0.963. The third-order valence-electron chi connectivity index (χ3n) is 2.69. The summed E-state index contributed by atoms with van der Waals surface area (Å²) in [6.07, 6.45) is 2.17. The van der Waals surface area contributed by atoms with Crippen LogP contribution in [0.2, 0.25) is 0 Å². The van der Waals surface area contributed by atoms with Crippen LogP contribution in [0.5, 0.6) is 0 Å². The van der Waals surface area contributed by atoms with E-state index in [1.807, 2.05) is 6.07 Å². The fourth-order valence-corrected chi connectivity index (χ4v) is 3.71. The molecule has 0 radical (unpaired) electrons. The van der Waals surface area contributed by atoms with Gasteiger partial charge in [-0.15, -0.1) is 11.3 Å². The Morgan fingerprint density at radius 2 is 2.29 bits per heavy atom. The highest BCUT2D eigenvalue weighted by Gasteiger charge is 2.29. The Kier molecular flexibility index (Phi) is 3.49. The lowest BCUT2D eigenvalue weighted by molar-refractivity contribution is 0.549. The molecule has 0 spiro atoms. The van der Waals surface area contributed by atoms with Gasteiger partial charge in [0, 0.05) is 12.6 Å². The minimum absolute atomic E-state index is 0.111. The lowest BCUT2D eigenvalue weighted by Crippen LogP contribution is -2.38. The maximum absolute atomic E-state index is 11.8. The fraction of sp³-hybridized carbons (Fsp3) is 0.500. The molecule has 1 unspecified atom stereocenters. The molecule has 0 amide bonds. The topological polar surface area (TPSA) is 96.0 Å². The van der Waals surface area contributed by atoms with Crippen molar-refractivity contribution in [1.82, 2.24) is 4.72 Å². The molecule has 1 atom stereocenters. The van der Waals surface area contributed by atoms with Crippen molar-refractivity contribution >= 4 is 21.4 Å². The Hall–Kier alpha value is -0.940. The van der Waals surface area contributed by atoms with Crippen LogP contribution < -0.4 is 10.5 Å². The third-order valence-corrected chi connectivity index (χ3v) is 5.60. The average molecular weight is 271 g/mol. The molecule has 0 aliphatic heterocycles. The first-order chi connectivity index (χ1) is 8.03. The Morgan fingerprint density at radius 1 is 1.59 bits per heavy atom. The number of nitriles is 1. The van der Waals surface area contributed by atoms with Crippen LogP contribution in [0.15, 0.2) is 16.3 Å². The van der Waals surface area contributed by atoms with Gasteiger partial charge in [-0.2, -0.15) is 5.26 Å². The van der Waals surface area contributed by atoms with Crippen LogP contribution in [0.1, 0.15) is 17.7 Å². The number of thiophene rings is 1. The van der Waals surface area contributed by atoms with E-state index >= 15 is 0 Å². The first-order valence-electron chi connectivity index (χ1n) is 5.28. The summed E-state index contributed by atoms with van der Waals surface area (Å²) in [4.78, 5) is 0.386. The second-order valence-electron chi connectivity index (χ2n) is 4.08. The van der Waals surface area contributed by atoms with E-state index in [1.165, 1.54) is 12.1 Å². The molecule has 1 fully saturated rings.